The summed E-state index contributed by atoms with van der Waals surface area (Å²) in [6, 6.07) is 30.6. The van der Waals surface area contributed by atoms with Crippen LogP contribution in [0.4, 0.5) is 0 Å². The molecule has 188 valence electrons. The topological polar surface area (TPSA) is 46.2 Å². The van der Waals surface area contributed by atoms with Crippen LogP contribution in [0.2, 0.25) is 0 Å². The molecule has 0 saturated carbocycles. The first-order chi connectivity index (χ1) is 17.9. The quantitative estimate of drug-likeness (QED) is 0.361. The van der Waals surface area contributed by atoms with E-state index in [2.05, 4.69) is 42.5 Å². The Labute approximate surface area is 213 Å². The normalized spacial score (nSPS) is 23.7. The minimum absolute atomic E-state index is 0.303. The Kier molecular flexibility index (Phi) is 8.81. The van der Waals surface area contributed by atoms with Crippen LogP contribution in [0.3, 0.4) is 0 Å². The van der Waals surface area contributed by atoms with Gasteiger partial charge in [-0.1, -0.05) is 91.0 Å². The fourth-order valence-corrected chi connectivity index (χ4v) is 4.65. The Morgan fingerprint density at radius 3 is 1.83 bits per heavy atom. The second-order valence-electron chi connectivity index (χ2n) is 9.22. The van der Waals surface area contributed by atoms with E-state index >= 15 is 0 Å². The molecule has 4 atom stereocenters. The molecule has 0 N–H and O–H groups in total. The van der Waals surface area contributed by atoms with Gasteiger partial charge in [0, 0.05) is 6.61 Å². The van der Waals surface area contributed by atoms with E-state index in [4.69, 9.17) is 23.7 Å². The first-order valence-corrected chi connectivity index (χ1v) is 12.8. The standard InChI is InChI=1S/C31H34O5/c1-4-12-24(13-5-1)20-32-23-28-30(34-21-25-14-6-2-7-15-25)31(35-22-26-16-8-3-9-17-26)29-27(36-28)18-10-11-19-33-29/h1-9,12-18,28-31H,10-11,19-23H2/t28-,29+,30-,31-/m1/s1. The molecule has 0 aliphatic carbocycles. The molecule has 2 aliphatic rings. The molecule has 5 rings (SSSR count). The van der Waals surface area contributed by atoms with Crippen molar-refractivity contribution in [1.29, 1.82) is 0 Å². The summed E-state index contributed by atoms with van der Waals surface area (Å²) in [6.45, 7) is 2.51. The van der Waals surface area contributed by atoms with Crippen molar-refractivity contribution in [3.8, 4) is 0 Å². The van der Waals surface area contributed by atoms with Crippen molar-refractivity contribution >= 4 is 0 Å². The first kappa shape index (κ1) is 24.7. The number of fused-ring (bicyclic) bond motifs is 1. The average Bonchev–Trinajstić information content (AvgIpc) is 3.18. The highest BCUT2D eigenvalue weighted by molar-refractivity contribution is 5.17. The summed E-state index contributed by atoms with van der Waals surface area (Å²) in [5.41, 5.74) is 3.34. The molecule has 0 amide bonds. The number of allylic oxidation sites excluding steroid dienone is 1. The lowest BCUT2D eigenvalue weighted by atomic mass is 9.96. The predicted octanol–water partition coefficient (Wildman–Crippen LogP) is 5.84. The maximum absolute atomic E-state index is 6.56. The number of hydrogen-bond donors (Lipinski definition) is 0. The van der Waals surface area contributed by atoms with E-state index in [1.54, 1.807) is 0 Å². The first-order valence-electron chi connectivity index (χ1n) is 12.8. The number of rotatable bonds is 10. The van der Waals surface area contributed by atoms with Crippen LogP contribution in [0, 0.1) is 0 Å². The van der Waals surface area contributed by atoms with Crippen molar-refractivity contribution in [2.45, 2.75) is 57.1 Å². The van der Waals surface area contributed by atoms with Crippen LogP contribution in [0.1, 0.15) is 29.5 Å². The molecular formula is C31H34O5. The zero-order chi connectivity index (χ0) is 24.4. The summed E-state index contributed by atoms with van der Waals surface area (Å²) < 4.78 is 32.0. The van der Waals surface area contributed by atoms with Crippen molar-refractivity contribution in [2.75, 3.05) is 13.2 Å². The molecule has 0 bridgehead atoms. The van der Waals surface area contributed by atoms with Crippen LogP contribution in [-0.2, 0) is 43.5 Å². The van der Waals surface area contributed by atoms with Crippen LogP contribution in [0.5, 0.6) is 0 Å². The summed E-state index contributed by atoms with van der Waals surface area (Å²) >= 11 is 0. The average molecular weight is 487 g/mol. The number of hydrogen-bond acceptors (Lipinski definition) is 5. The summed E-state index contributed by atoms with van der Waals surface area (Å²) in [4.78, 5) is 0. The van der Waals surface area contributed by atoms with E-state index in [1.165, 1.54) is 0 Å². The molecule has 5 heteroatoms. The molecule has 0 spiro atoms. The monoisotopic (exact) mass is 486 g/mol. The van der Waals surface area contributed by atoms with E-state index in [0.29, 0.717) is 33.0 Å². The molecular weight excluding hydrogens is 452 g/mol. The van der Waals surface area contributed by atoms with Crippen molar-refractivity contribution in [1.82, 2.24) is 0 Å². The highest BCUT2D eigenvalue weighted by Gasteiger charge is 2.46. The number of benzene rings is 3. The van der Waals surface area contributed by atoms with E-state index < -0.39 is 0 Å². The lowest BCUT2D eigenvalue weighted by molar-refractivity contribution is -0.220. The Balaban J connectivity index is 1.36. The summed E-state index contributed by atoms with van der Waals surface area (Å²) in [5, 5.41) is 0. The minimum atomic E-state index is -0.357. The zero-order valence-corrected chi connectivity index (χ0v) is 20.5. The van der Waals surface area contributed by atoms with E-state index in [1.807, 2.05) is 54.6 Å². The van der Waals surface area contributed by atoms with Gasteiger partial charge in [0.05, 0.1) is 26.4 Å². The molecule has 3 aromatic rings. The van der Waals surface area contributed by atoms with Crippen molar-refractivity contribution in [3.05, 3.63) is 120 Å². The maximum atomic E-state index is 6.56. The van der Waals surface area contributed by atoms with Crippen LogP contribution in [0.15, 0.2) is 103 Å². The summed E-state index contributed by atoms with van der Waals surface area (Å²) in [7, 11) is 0. The van der Waals surface area contributed by atoms with Gasteiger partial charge in [0.25, 0.3) is 0 Å². The molecule has 1 fully saturated rings. The molecule has 36 heavy (non-hydrogen) atoms. The fraction of sp³-hybridized carbons (Fsp3) is 0.355. The number of ether oxygens (including phenoxy) is 5. The van der Waals surface area contributed by atoms with Gasteiger partial charge in [-0.25, -0.2) is 0 Å². The highest BCUT2D eigenvalue weighted by Crippen LogP contribution is 2.34. The van der Waals surface area contributed by atoms with E-state index in [-0.39, 0.29) is 24.4 Å². The molecule has 0 aromatic heterocycles. The molecule has 2 heterocycles. The second-order valence-corrected chi connectivity index (χ2v) is 9.22. The Bertz CT molecular complexity index is 1070. The predicted molar refractivity (Wildman–Crippen MR) is 138 cm³/mol. The molecule has 2 aliphatic heterocycles. The SMILES string of the molecule is C1=C2O[C@H](COCc3ccccc3)[C@@H](OCc3ccccc3)[C@H](OCc3ccccc3)[C@H]2OCCC1. The molecule has 0 unspecified atom stereocenters. The third kappa shape index (κ3) is 6.62. The van der Waals surface area contributed by atoms with Crippen LogP contribution < -0.4 is 0 Å². The third-order valence-electron chi connectivity index (χ3n) is 6.51. The smallest absolute Gasteiger partial charge is 0.150 e. The van der Waals surface area contributed by atoms with Crippen LogP contribution >= 0.6 is 0 Å². The van der Waals surface area contributed by atoms with E-state index in [0.717, 1.165) is 35.3 Å². The van der Waals surface area contributed by atoms with Crippen LogP contribution in [-0.4, -0.2) is 37.6 Å². The van der Waals surface area contributed by atoms with Gasteiger partial charge in [0.1, 0.15) is 24.1 Å². The van der Waals surface area contributed by atoms with Gasteiger partial charge < -0.3 is 23.7 Å². The van der Waals surface area contributed by atoms with Gasteiger partial charge >= 0.3 is 0 Å². The lowest BCUT2D eigenvalue weighted by Crippen LogP contribution is -2.56. The zero-order valence-electron chi connectivity index (χ0n) is 20.5. The largest absolute Gasteiger partial charge is 0.487 e. The molecule has 1 saturated heterocycles. The second kappa shape index (κ2) is 12.8. The van der Waals surface area contributed by atoms with Gasteiger partial charge in [0.2, 0.25) is 0 Å². The van der Waals surface area contributed by atoms with Gasteiger partial charge in [-0.05, 0) is 35.6 Å². The van der Waals surface area contributed by atoms with Gasteiger partial charge in [-0.2, -0.15) is 0 Å². The van der Waals surface area contributed by atoms with Crippen molar-refractivity contribution in [3.63, 3.8) is 0 Å². The molecule has 0 radical (unpaired) electrons. The summed E-state index contributed by atoms with van der Waals surface area (Å²) in [5.74, 6) is 0.832. The van der Waals surface area contributed by atoms with Crippen molar-refractivity contribution in [2.24, 2.45) is 0 Å². The summed E-state index contributed by atoms with van der Waals surface area (Å²) in [6.07, 6.45) is 2.73. The highest BCUT2D eigenvalue weighted by atomic mass is 16.6. The third-order valence-corrected chi connectivity index (χ3v) is 6.51. The fourth-order valence-electron chi connectivity index (χ4n) is 4.65. The molecule has 5 nitrogen and oxygen atoms in total. The Morgan fingerprint density at radius 1 is 0.667 bits per heavy atom. The van der Waals surface area contributed by atoms with Crippen LogP contribution in [0.25, 0.3) is 0 Å². The van der Waals surface area contributed by atoms with Gasteiger partial charge in [-0.3, -0.25) is 0 Å². The maximum Gasteiger partial charge on any atom is 0.150 e. The lowest BCUT2D eigenvalue weighted by Gasteiger charge is -2.43. The minimum Gasteiger partial charge on any atom is -0.487 e. The Hall–Kier alpha value is -2.96. The molecule has 3 aromatic carbocycles. The Morgan fingerprint density at radius 2 is 1.22 bits per heavy atom. The van der Waals surface area contributed by atoms with Crippen molar-refractivity contribution < 1.29 is 23.7 Å². The van der Waals surface area contributed by atoms with Gasteiger partial charge in [-0.15, -0.1) is 0 Å². The van der Waals surface area contributed by atoms with Gasteiger partial charge in [0.15, 0.2) is 6.10 Å². The van der Waals surface area contributed by atoms with E-state index in [9.17, 15) is 0 Å².